The summed E-state index contributed by atoms with van der Waals surface area (Å²) in [5, 5.41) is 16.4. The molecule has 0 amide bonds. The minimum atomic E-state index is 0.248. The van der Waals surface area contributed by atoms with E-state index in [9.17, 15) is 0 Å². The Hall–Kier alpha value is -2.24. The van der Waals surface area contributed by atoms with Gasteiger partial charge in [0, 0.05) is 5.39 Å². The van der Waals surface area contributed by atoms with E-state index in [1.165, 1.54) is 4.52 Å². The lowest BCUT2D eigenvalue weighted by Gasteiger charge is -1.96. The van der Waals surface area contributed by atoms with E-state index in [0.717, 1.165) is 10.9 Å². The van der Waals surface area contributed by atoms with Crippen LogP contribution >= 0.6 is 0 Å². The van der Waals surface area contributed by atoms with Gasteiger partial charge >= 0.3 is 0 Å². The average Bonchev–Trinajstić information content (AvgIpc) is 2.61. The number of benzene rings is 1. The summed E-state index contributed by atoms with van der Waals surface area (Å²) < 4.78 is 1.42. The van der Waals surface area contributed by atoms with Crippen LogP contribution in [0.4, 0.5) is 5.95 Å². The predicted octanol–water partition coefficient (Wildman–Crippen LogP) is 0.255. The van der Waals surface area contributed by atoms with Crippen LogP contribution in [0.2, 0.25) is 0 Å². The molecule has 14 heavy (non-hydrogen) atoms. The highest BCUT2D eigenvalue weighted by Gasteiger charge is 2.06. The molecular weight excluding hydrogens is 180 g/mol. The largest absolute Gasteiger partial charge is 0.366 e. The topological polar surface area (TPSA) is 82.0 Å². The quantitative estimate of drug-likeness (QED) is 0.544. The van der Waals surface area contributed by atoms with E-state index in [-0.39, 0.29) is 5.95 Å². The standard InChI is InChI=1S/C8H6N6/c9-8-12-11-7-5-3-1-2-4-6(5)10-13-14(7)8/h1-4H,(H2,9,12). The number of anilines is 1. The highest BCUT2D eigenvalue weighted by molar-refractivity contribution is 5.90. The Bertz CT molecular complexity index is 613. The van der Waals surface area contributed by atoms with Crippen LogP contribution in [0.25, 0.3) is 16.6 Å². The summed E-state index contributed by atoms with van der Waals surface area (Å²) >= 11 is 0. The molecule has 0 unspecified atom stereocenters. The van der Waals surface area contributed by atoms with E-state index in [2.05, 4.69) is 20.5 Å². The molecule has 0 spiro atoms. The summed E-state index contributed by atoms with van der Waals surface area (Å²) in [5.74, 6) is 0.248. The number of nitrogen functional groups attached to an aromatic ring is 1. The third-order valence-electron chi connectivity index (χ3n) is 2.05. The van der Waals surface area contributed by atoms with Crippen LogP contribution in [0, 0.1) is 0 Å². The van der Waals surface area contributed by atoms with Gasteiger partial charge in [0.05, 0.1) is 5.52 Å². The SMILES string of the molecule is Nc1nnc2c3ccccc3nnn12. The number of nitrogens with zero attached hydrogens (tertiary/aromatic N) is 5. The van der Waals surface area contributed by atoms with Gasteiger partial charge in [-0.15, -0.1) is 15.3 Å². The average molecular weight is 186 g/mol. The Kier molecular flexibility index (Phi) is 1.22. The van der Waals surface area contributed by atoms with Crippen molar-refractivity contribution in [2.75, 3.05) is 5.73 Å². The highest BCUT2D eigenvalue weighted by atomic mass is 15.5. The molecule has 0 aliphatic rings. The van der Waals surface area contributed by atoms with Gasteiger partial charge in [-0.05, 0) is 12.1 Å². The number of hydrogen-bond donors (Lipinski definition) is 1. The molecule has 3 rings (SSSR count). The first-order valence-corrected chi connectivity index (χ1v) is 4.08. The second-order valence-electron chi connectivity index (χ2n) is 2.90. The number of fused-ring (bicyclic) bond motifs is 3. The van der Waals surface area contributed by atoms with Crippen LogP contribution in [0.1, 0.15) is 0 Å². The number of hydrogen-bond acceptors (Lipinski definition) is 5. The van der Waals surface area contributed by atoms with E-state index < -0.39 is 0 Å². The molecule has 0 aliphatic carbocycles. The molecule has 0 fully saturated rings. The van der Waals surface area contributed by atoms with Crippen molar-refractivity contribution in [2.24, 2.45) is 0 Å². The minimum absolute atomic E-state index is 0.248. The Balaban J connectivity index is 2.61. The molecule has 0 bridgehead atoms. The monoisotopic (exact) mass is 186 g/mol. The fraction of sp³-hybridized carbons (Fsp3) is 0. The van der Waals surface area contributed by atoms with Crippen molar-refractivity contribution in [3.63, 3.8) is 0 Å². The third kappa shape index (κ3) is 0.792. The van der Waals surface area contributed by atoms with Gasteiger partial charge in [-0.1, -0.05) is 17.3 Å². The molecule has 2 heterocycles. The zero-order chi connectivity index (χ0) is 9.54. The van der Waals surface area contributed by atoms with E-state index in [4.69, 9.17) is 5.73 Å². The van der Waals surface area contributed by atoms with Crippen molar-refractivity contribution in [3.05, 3.63) is 24.3 Å². The van der Waals surface area contributed by atoms with Crippen LogP contribution in [0.5, 0.6) is 0 Å². The molecular formula is C8H6N6. The van der Waals surface area contributed by atoms with Gasteiger partial charge in [-0.3, -0.25) is 0 Å². The lowest BCUT2D eigenvalue weighted by molar-refractivity contribution is 0.834. The molecule has 3 aromatic rings. The molecule has 2 aromatic heterocycles. The zero-order valence-corrected chi connectivity index (χ0v) is 7.12. The Morgan fingerprint density at radius 1 is 1.07 bits per heavy atom. The summed E-state index contributed by atoms with van der Waals surface area (Å²) in [7, 11) is 0. The summed E-state index contributed by atoms with van der Waals surface area (Å²) in [5.41, 5.74) is 6.97. The van der Waals surface area contributed by atoms with E-state index in [0.29, 0.717) is 5.65 Å². The van der Waals surface area contributed by atoms with Gasteiger partial charge in [-0.2, -0.15) is 4.52 Å². The first-order valence-electron chi connectivity index (χ1n) is 4.08. The van der Waals surface area contributed by atoms with Gasteiger partial charge in [0.2, 0.25) is 5.95 Å². The third-order valence-corrected chi connectivity index (χ3v) is 2.05. The van der Waals surface area contributed by atoms with Gasteiger partial charge in [0.15, 0.2) is 5.65 Å². The van der Waals surface area contributed by atoms with E-state index in [1.807, 2.05) is 24.3 Å². The van der Waals surface area contributed by atoms with Crippen molar-refractivity contribution >= 4 is 22.5 Å². The van der Waals surface area contributed by atoms with Crippen molar-refractivity contribution < 1.29 is 0 Å². The molecule has 68 valence electrons. The Labute approximate surface area is 78.4 Å². The number of nitrogens with two attached hydrogens (primary N) is 1. The van der Waals surface area contributed by atoms with E-state index >= 15 is 0 Å². The first-order chi connectivity index (χ1) is 6.86. The molecule has 0 saturated heterocycles. The zero-order valence-electron chi connectivity index (χ0n) is 7.12. The maximum Gasteiger partial charge on any atom is 0.244 e. The maximum absolute atomic E-state index is 5.55. The normalized spacial score (nSPS) is 11.1. The molecule has 0 saturated carbocycles. The second kappa shape index (κ2) is 2.38. The fourth-order valence-corrected chi connectivity index (χ4v) is 1.39. The Morgan fingerprint density at radius 3 is 2.86 bits per heavy atom. The van der Waals surface area contributed by atoms with Gasteiger partial charge in [0.1, 0.15) is 0 Å². The number of aromatic nitrogens is 5. The smallest absolute Gasteiger partial charge is 0.244 e. The first kappa shape index (κ1) is 7.19. The lowest BCUT2D eigenvalue weighted by Crippen LogP contribution is -2.00. The van der Waals surface area contributed by atoms with Crippen LogP contribution in [-0.4, -0.2) is 25.0 Å². The van der Waals surface area contributed by atoms with Gasteiger partial charge < -0.3 is 5.73 Å². The van der Waals surface area contributed by atoms with Crippen LogP contribution in [0.15, 0.2) is 24.3 Å². The fourth-order valence-electron chi connectivity index (χ4n) is 1.39. The summed E-state index contributed by atoms with van der Waals surface area (Å²) in [6, 6.07) is 7.59. The minimum Gasteiger partial charge on any atom is -0.366 e. The molecule has 1 aromatic carbocycles. The highest BCUT2D eigenvalue weighted by Crippen LogP contribution is 2.15. The van der Waals surface area contributed by atoms with Crippen molar-refractivity contribution in [1.82, 2.24) is 25.0 Å². The second-order valence-corrected chi connectivity index (χ2v) is 2.90. The van der Waals surface area contributed by atoms with Gasteiger partial charge in [0.25, 0.3) is 0 Å². The van der Waals surface area contributed by atoms with Crippen LogP contribution in [-0.2, 0) is 0 Å². The molecule has 6 nitrogen and oxygen atoms in total. The molecule has 0 aliphatic heterocycles. The molecule has 2 N–H and O–H groups in total. The van der Waals surface area contributed by atoms with Gasteiger partial charge in [-0.25, -0.2) is 0 Å². The van der Waals surface area contributed by atoms with Crippen molar-refractivity contribution in [3.8, 4) is 0 Å². The Morgan fingerprint density at radius 2 is 1.93 bits per heavy atom. The lowest BCUT2D eigenvalue weighted by atomic mass is 10.2. The van der Waals surface area contributed by atoms with Crippen LogP contribution < -0.4 is 5.73 Å². The maximum atomic E-state index is 5.55. The molecule has 6 heteroatoms. The molecule has 0 atom stereocenters. The van der Waals surface area contributed by atoms with Crippen LogP contribution in [0.3, 0.4) is 0 Å². The van der Waals surface area contributed by atoms with Crippen molar-refractivity contribution in [1.29, 1.82) is 0 Å². The van der Waals surface area contributed by atoms with E-state index in [1.54, 1.807) is 0 Å². The van der Waals surface area contributed by atoms with Crippen molar-refractivity contribution in [2.45, 2.75) is 0 Å². The summed E-state index contributed by atoms with van der Waals surface area (Å²) in [4.78, 5) is 0. The molecule has 0 radical (unpaired) electrons. The number of rotatable bonds is 0. The predicted molar refractivity (Wildman–Crippen MR) is 50.5 cm³/mol. The summed E-state index contributed by atoms with van der Waals surface area (Å²) in [6.07, 6.45) is 0. The summed E-state index contributed by atoms with van der Waals surface area (Å²) in [6.45, 7) is 0.